The van der Waals surface area contributed by atoms with Crippen LogP contribution in [0.25, 0.3) is 32.9 Å². The Labute approximate surface area is 249 Å². The van der Waals surface area contributed by atoms with Gasteiger partial charge in [-0.3, -0.25) is 0 Å². The second-order valence-electron chi connectivity index (χ2n) is 11.7. The van der Waals surface area contributed by atoms with E-state index in [1.54, 1.807) is 25.1 Å². The summed E-state index contributed by atoms with van der Waals surface area (Å²) in [7, 11) is 2.08. The number of hydrogen-bond donors (Lipinski definition) is 1. The van der Waals surface area contributed by atoms with Crippen LogP contribution in [-0.4, -0.2) is 71.3 Å². The van der Waals surface area contributed by atoms with E-state index in [1.165, 1.54) is 6.07 Å². The van der Waals surface area contributed by atoms with E-state index in [0.717, 1.165) is 45.3 Å². The van der Waals surface area contributed by atoms with Crippen molar-refractivity contribution in [2.24, 2.45) is 0 Å². The standard InChI is InChI=1S/C34H32F2N6O/c1-4-8-27-29-32(30(36)31(38-27)25-11-6-9-20-12-15-26(35)24(5-2)28(20)25)39-34(43-19-23-10-7-16-41(23)3)40-33(29)42-17-21-13-14-22(18-42)37-21/h2,6,9,11-12,15,21-23,37H,7,10,13-14,16-19H2,1,3H3/t21-,22+,23-/m0/s1. The zero-order valence-corrected chi connectivity index (χ0v) is 24.3. The zero-order chi connectivity index (χ0) is 29.7. The van der Waals surface area contributed by atoms with E-state index in [9.17, 15) is 4.39 Å². The predicted octanol–water partition coefficient (Wildman–Crippen LogP) is 4.89. The number of benzene rings is 2. The third-order valence-electron chi connectivity index (χ3n) is 8.98. The summed E-state index contributed by atoms with van der Waals surface area (Å²) < 4.78 is 37.9. The molecular formula is C34H32F2N6O. The maximum absolute atomic E-state index is 16.9. The first-order chi connectivity index (χ1) is 20.9. The Kier molecular flexibility index (Phi) is 7.09. The lowest BCUT2D eigenvalue weighted by atomic mass is 9.96. The van der Waals surface area contributed by atoms with Crippen LogP contribution in [0.5, 0.6) is 6.01 Å². The summed E-state index contributed by atoms with van der Waals surface area (Å²) >= 11 is 0. The van der Waals surface area contributed by atoms with E-state index in [0.29, 0.717) is 51.9 Å². The van der Waals surface area contributed by atoms with Crippen molar-refractivity contribution in [1.82, 2.24) is 25.2 Å². The van der Waals surface area contributed by atoms with Gasteiger partial charge in [0.25, 0.3) is 0 Å². The van der Waals surface area contributed by atoms with Gasteiger partial charge in [-0.25, -0.2) is 13.8 Å². The molecule has 43 heavy (non-hydrogen) atoms. The Morgan fingerprint density at radius 2 is 1.86 bits per heavy atom. The maximum Gasteiger partial charge on any atom is 0.319 e. The summed E-state index contributed by atoms with van der Waals surface area (Å²) in [5, 5.41) is 5.20. The highest BCUT2D eigenvalue weighted by molar-refractivity contribution is 6.03. The van der Waals surface area contributed by atoms with E-state index in [1.807, 2.05) is 6.07 Å². The number of aromatic nitrogens is 3. The lowest BCUT2D eigenvalue weighted by molar-refractivity contribution is 0.188. The molecule has 0 spiro atoms. The molecule has 7 nitrogen and oxygen atoms in total. The normalized spacial score (nSPS) is 21.7. The molecule has 4 aromatic rings. The fraction of sp³-hybridized carbons (Fsp3) is 0.382. The Bertz CT molecular complexity index is 1850. The highest BCUT2D eigenvalue weighted by atomic mass is 19.1. The minimum atomic E-state index is -0.652. The first-order valence-corrected chi connectivity index (χ1v) is 14.8. The van der Waals surface area contributed by atoms with Gasteiger partial charge in [0.2, 0.25) is 0 Å². The van der Waals surface area contributed by atoms with Gasteiger partial charge in [0.05, 0.1) is 10.9 Å². The topological polar surface area (TPSA) is 66.4 Å². The monoisotopic (exact) mass is 578 g/mol. The number of anilines is 1. The molecule has 0 saturated carbocycles. The van der Waals surface area contributed by atoms with Crippen molar-refractivity contribution in [1.29, 1.82) is 0 Å². The number of likely N-dealkylation sites (tertiary alicyclic amines) is 1. The fourth-order valence-corrected chi connectivity index (χ4v) is 6.84. The van der Waals surface area contributed by atoms with Gasteiger partial charge < -0.3 is 19.9 Å². The van der Waals surface area contributed by atoms with Crippen LogP contribution in [0.4, 0.5) is 14.6 Å². The van der Waals surface area contributed by atoms with E-state index >= 15 is 4.39 Å². The van der Waals surface area contributed by atoms with Crippen molar-refractivity contribution >= 4 is 27.5 Å². The van der Waals surface area contributed by atoms with Crippen LogP contribution in [0, 0.1) is 35.8 Å². The number of likely N-dealkylation sites (N-methyl/N-ethyl adjacent to an activating group) is 1. The number of ether oxygens (including phenoxy) is 1. The molecule has 0 aliphatic carbocycles. The van der Waals surface area contributed by atoms with E-state index in [4.69, 9.17) is 21.1 Å². The highest BCUT2D eigenvalue weighted by Crippen LogP contribution is 2.39. The summed E-state index contributed by atoms with van der Waals surface area (Å²) in [5.74, 6) is 7.84. The summed E-state index contributed by atoms with van der Waals surface area (Å²) in [6.45, 7) is 4.58. The summed E-state index contributed by atoms with van der Waals surface area (Å²) in [4.78, 5) is 18.7. The summed E-state index contributed by atoms with van der Waals surface area (Å²) in [6.07, 6.45) is 10.0. The van der Waals surface area contributed by atoms with E-state index in [2.05, 4.69) is 44.9 Å². The number of fused-ring (bicyclic) bond motifs is 4. The quantitative estimate of drug-likeness (QED) is 0.339. The van der Waals surface area contributed by atoms with Crippen molar-refractivity contribution < 1.29 is 13.5 Å². The molecule has 9 heteroatoms. The molecule has 0 radical (unpaired) electrons. The van der Waals surface area contributed by atoms with Crippen LogP contribution in [0.2, 0.25) is 0 Å². The maximum atomic E-state index is 16.9. The van der Waals surface area contributed by atoms with Gasteiger partial charge in [-0.15, -0.1) is 6.42 Å². The summed E-state index contributed by atoms with van der Waals surface area (Å²) in [5.41, 5.74) is 0.863. The molecule has 1 N–H and O–H groups in total. The summed E-state index contributed by atoms with van der Waals surface area (Å²) in [6, 6.07) is 9.26. The number of piperazine rings is 1. The average molecular weight is 579 g/mol. The third kappa shape index (κ3) is 4.83. The Hall–Kier alpha value is -4.31. The molecule has 3 aliphatic rings. The number of nitrogens with zero attached hydrogens (tertiary/aromatic N) is 5. The molecule has 2 aromatic heterocycles. The Morgan fingerprint density at radius 1 is 1.05 bits per heavy atom. The van der Waals surface area contributed by atoms with Crippen LogP contribution in [0.1, 0.15) is 43.9 Å². The number of hydrogen-bond acceptors (Lipinski definition) is 7. The lowest BCUT2D eigenvalue weighted by Crippen LogP contribution is -2.51. The van der Waals surface area contributed by atoms with Gasteiger partial charge in [-0.2, -0.15) is 9.97 Å². The number of nitrogens with one attached hydrogen (secondary N) is 1. The number of rotatable bonds is 5. The largest absolute Gasteiger partial charge is 0.462 e. The van der Waals surface area contributed by atoms with E-state index in [-0.39, 0.29) is 28.8 Å². The fourth-order valence-electron chi connectivity index (χ4n) is 6.84. The number of halogens is 2. The number of pyridine rings is 1. The Morgan fingerprint density at radius 3 is 2.58 bits per heavy atom. The van der Waals surface area contributed by atoms with Gasteiger partial charge in [-0.05, 0) is 63.6 Å². The van der Waals surface area contributed by atoms with Crippen molar-refractivity contribution in [3.05, 3.63) is 53.2 Å². The van der Waals surface area contributed by atoms with Crippen LogP contribution in [0.3, 0.4) is 0 Å². The zero-order valence-electron chi connectivity index (χ0n) is 24.3. The van der Waals surface area contributed by atoms with Gasteiger partial charge in [0, 0.05) is 42.2 Å². The highest BCUT2D eigenvalue weighted by Gasteiger charge is 2.35. The minimum absolute atomic E-state index is 0.00413. The van der Waals surface area contributed by atoms with Gasteiger partial charge in [-0.1, -0.05) is 36.1 Å². The molecule has 2 aromatic carbocycles. The second-order valence-corrected chi connectivity index (χ2v) is 11.7. The molecule has 3 saturated heterocycles. The average Bonchev–Trinajstić information content (AvgIpc) is 3.59. The molecule has 2 bridgehead atoms. The molecule has 0 unspecified atom stereocenters. The molecular weight excluding hydrogens is 546 g/mol. The first-order valence-electron chi connectivity index (χ1n) is 14.8. The molecule has 7 rings (SSSR count). The molecule has 3 fully saturated rings. The van der Waals surface area contributed by atoms with Crippen LogP contribution in [0.15, 0.2) is 30.3 Å². The van der Waals surface area contributed by atoms with Gasteiger partial charge >= 0.3 is 6.01 Å². The van der Waals surface area contributed by atoms with Crippen molar-refractivity contribution in [3.8, 4) is 41.5 Å². The first kappa shape index (κ1) is 27.5. The van der Waals surface area contributed by atoms with Crippen molar-refractivity contribution in [2.75, 3.05) is 38.2 Å². The van der Waals surface area contributed by atoms with E-state index < -0.39 is 11.6 Å². The predicted molar refractivity (Wildman–Crippen MR) is 164 cm³/mol. The van der Waals surface area contributed by atoms with Crippen LogP contribution in [-0.2, 0) is 0 Å². The molecule has 0 amide bonds. The third-order valence-corrected chi connectivity index (χ3v) is 8.98. The van der Waals surface area contributed by atoms with Crippen molar-refractivity contribution in [3.63, 3.8) is 0 Å². The number of terminal acetylenes is 1. The van der Waals surface area contributed by atoms with Gasteiger partial charge in [0.1, 0.15) is 35.1 Å². The van der Waals surface area contributed by atoms with Crippen LogP contribution < -0.4 is 15.0 Å². The molecule has 218 valence electrons. The van der Waals surface area contributed by atoms with Gasteiger partial charge in [0.15, 0.2) is 5.82 Å². The molecule has 3 aliphatic heterocycles. The Balaban J connectivity index is 1.46. The van der Waals surface area contributed by atoms with Crippen molar-refractivity contribution in [2.45, 2.75) is 50.7 Å². The lowest BCUT2D eigenvalue weighted by Gasteiger charge is -2.34. The SMILES string of the molecule is C#Cc1c(F)ccc2cccc(-c3nc(C#CC)c4c(N5C[C@H]6CC[C@@H](C5)N6)nc(OC[C@@H]5CCCN5C)nc4c3F)c12. The minimum Gasteiger partial charge on any atom is -0.462 e. The molecule has 5 heterocycles. The smallest absolute Gasteiger partial charge is 0.319 e. The molecule has 3 atom stereocenters. The second kappa shape index (κ2) is 11.1. The van der Waals surface area contributed by atoms with Crippen LogP contribution >= 0.6 is 0 Å².